The summed E-state index contributed by atoms with van der Waals surface area (Å²) in [6.07, 6.45) is 0.828. The number of esters is 1. The van der Waals surface area contributed by atoms with Crippen molar-refractivity contribution in [2.75, 3.05) is 11.5 Å². The van der Waals surface area contributed by atoms with Crippen molar-refractivity contribution in [3.8, 4) is 0 Å². The van der Waals surface area contributed by atoms with E-state index in [1.54, 1.807) is 27.7 Å². The number of rotatable bonds is 7. The standard InChI is InChI=1S/C25H25N3O5S2/c1-6-15-8-10-16(11-9-15)18-17(19(29)21-12(3)26-14(5)34-21)20(30)23(31)28(18)25-27-13(4)22(35-25)24(32)33-7-2/h8-11,18,30H,6-7H2,1-5H3. The Labute approximate surface area is 210 Å². The van der Waals surface area contributed by atoms with Crippen LogP contribution in [0.3, 0.4) is 0 Å². The summed E-state index contributed by atoms with van der Waals surface area (Å²) in [5.74, 6) is -2.37. The third kappa shape index (κ3) is 4.39. The van der Waals surface area contributed by atoms with Gasteiger partial charge in [-0.25, -0.2) is 14.8 Å². The second-order valence-electron chi connectivity index (χ2n) is 8.04. The van der Waals surface area contributed by atoms with Gasteiger partial charge in [-0.3, -0.25) is 14.5 Å². The molecule has 1 unspecified atom stereocenters. The second kappa shape index (κ2) is 9.71. The van der Waals surface area contributed by atoms with Gasteiger partial charge >= 0.3 is 5.97 Å². The maximum Gasteiger partial charge on any atom is 0.350 e. The molecule has 10 heteroatoms. The number of ketones is 1. The van der Waals surface area contributed by atoms with Crippen LogP contribution in [0.25, 0.3) is 0 Å². The largest absolute Gasteiger partial charge is 0.503 e. The van der Waals surface area contributed by atoms with Gasteiger partial charge in [-0.2, -0.15) is 0 Å². The van der Waals surface area contributed by atoms with Crippen molar-refractivity contribution in [3.05, 3.63) is 72.9 Å². The van der Waals surface area contributed by atoms with E-state index in [-0.39, 0.29) is 22.2 Å². The van der Waals surface area contributed by atoms with Gasteiger partial charge in [0.2, 0.25) is 5.78 Å². The number of benzene rings is 1. The molecule has 0 fully saturated rings. The van der Waals surface area contributed by atoms with Gasteiger partial charge in [0.25, 0.3) is 5.91 Å². The highest BCUT2D eigenvalue weighted by Gasteiger charge is 2.46. The monoisotopic (exact) mass is 511 g/mol. The lowest BCUT2D eigenvalue weighted by Crippen LogP contribution is -2.31. The Balaban J connectivity index is 1.86. The number of hydrogen-bond donors (Lipinski definition) is 1. The van der Waals surface area contributed by atoms with E-state index >= 15 is 0 Å². The minimum Gasteiger partial charge on any atom is -0.503 e. The molecule has 0 bridgehead atoms. The molecule has 1 N–H and O–H groups in total. The van der Waals surface area contributed by atoms with Gasteiger partial charge in [-0.15, -0.1) is 11.3 Å². The Kier molecular flexibility index (Phi) is 6.86. The number of aliphatic hydroxyl groups is 1. The molecule has 8 nitrogen and oxygen atoms in total. The first-order valence-corrected chi connectivity index (χ1v) is 12.8. The van der Waals surface area contributed by atoms with Crippen molar-refractivity contribution < 1.29 is 24.2 Å². The molecule has 3 heterocycles. The number of aryl methyl sites for hydroxylation is 4. The number of amides is 1. The zero-order chi connectivity index (χ0) is 25.4. The normalized spacial score (nSPS) is 15.7. The lowest BCUT2D eigenvalue weighted by atomic mass is 9.94. The summed E-state index contributed by atoms with van der Waals surface area (Å²) in [4.78, 5) is 50.1. The minimum absolute atomic E-state index is 0.0310. The van der Waals surface area contributed by atoms with Gasteiger partial charge in [0, 0.05) is 0 Å². The quantitative estimate of drug-likeness (QED) is 0.349. The van der Waals surface area contributed by atoms with Gasteiger partial charge in [0.15, 0.2) is 10.9 Å². The van der Waals surface area contributed by atoms with E-state index in [2.05, 4.69) is 9.97 Å². The lowest BCUT2D eigenvalue weighted by Gasteiger charge is -2.24. The first-order valence-electron chi connectivity index (χ1n) is 11.2. The number of hydrogen-bond acceptors (Lipinski definition) is 9. The predicted octanol–water partition coefficient (Wildman–Crippen LogP) is 5.05. The average molecular weight is 512 g/mol. The fourth-order valence-corrected chi connectivity index (χ4v) is 5.88. The molecular weight excluding hydrogens is 486 g/mol. The Bertz CT molecular complexity index is 1350. The Hall–Kier alpha value is -3.37. The minimum atomic E-state index is -0.914. The molecular formula is C25H25N3O5S2. The van der Waals surface area contributed by atoms with Crippen molar-refractivity contribution >= 4 is 45.5 Å². The van der Waals surface area contributed by atoms with Crippen LogP contribution in [0.1, 0.15) is 66.8 Å². The molecule has 1 aliphatic heterocycles. The molecule has 1 aromatic carbocycles. The molecule has 35 heavy (non-hydrogen) atoms. The number of carbonyl (C=O) groups excluding carboxylic acids is 3. The molecule has 0 saturated heterocycles. The lowest BCUT2D eigenvalue weighted by molar-refractivity contribution is -0.117. The van der Waals surface area contributed by atoms with E-state index in [0.29, 0.717) is 26.8 Å². The summed E-state index contributed by atoms with van der Waals surface area (Å²) in [5, 5.41) is 11.9. The van der Waals surface area contributed by atoms with Crippen LogP contribution in [0.4, 0.5) is 5.13 Å². The predicted molar refractivity (Wildman–Crippen MR) is 134 cm³/mol. The molecule has 0 radical (unpaired) electrons. The van der Waals surface area contributed by atoms with Crippen molar-refractivity contribution in [3.63, 3.8) is 0 Å². The van der Waals surface area contributed by atoms with Crippen LogP contribution < -0.4 is 4.90 Å². The zero-order valence-corrected chi connectivity index (χ0v) is 21.7. The highest BCUT2D eigenvalue weighted by Crippen LogP contribution is 2.44. The highest BCUT2D eigenvalue weighted by molar-refractivity contribution is 7.17. The average Bonchev–Trinajstić information content (AvgIpc) is 3.46. The number of ether oxygens (including phenoxy) is 1. The van der Waals surface area contributed by atoms with E-state index in [0.717, 1.165) is 23.3 Å². The molecule has 182 valence electrons. The van der Waals surface area contributed by atoms with Gasteiger partial charge < -0.3 is 9.84 Å². The zero-order valence-electron chi connectivity index (χ0n) is 20.0. The van der Waals surface area contributed by atoms with Crippen LogP contribution in [0.15, 0.2) is 35.6 Å². The van der Waals surface area contributed by atoms with Gasteiger partial charge in [0.05, 0.1) is 39.5 Å². The van der Waals surface area contributed by atoms with E-state index in [1.165, 1.54) is 16.2 Å². The number of nitrogens with zero attached hydrogens (tertiary/aromatic N) is 3. The molecule has 2 aromatic heterocycles. The molecule has 0 saturated carbocycles. The van der Waals surface area contributed by atoms with Crippen LogP contribution in [-0.2, 0) is 16.0 Å². The SMILES string of the molecule is CCOC(=O)c1sc(N2C(=O)C(O)=C(C(=O)c3sc(C)nc3C)C2c2ccc(CC)cc2)nc1C. The van der Waals surface area contributed by atoms with Crippen LogP contribution >= 0.6 is 22.7 Å². The summed E-state index contributed by atoms with van der Waals surface area (Å²) in [6.45, 7) is 9.12. The first kappa shape index (κ1) is 24.7. The fraction of sp³-hybridized carbons (Fsp3) is 0.320. The van der Waals surface area contributed by atoms with E-state index in [1.807, 2.05) is 31.2 Å². The topological polar surface area (TPSA) is 110 Å². The maximum atomic E-state index is 13.7. The fourth-order valence-electron chi connectivity index (χ4n) is 4.02. The molecule has 0 spiro atoms. The van der Waals surface area contributed by atoms with Gasteiger partial charge in [-0.05, 0) is 45.2 Å². The third-order valence-electron chi connectivity index (χ3n) is 5.72. The number of carbonyl (C=O) groups is 3. The summed E-state index contributed by atoms with van der Waals surface area (Å²) in [6, 6.07) is 6.62. The van der Waals surface area contributed by atoms with Crippen LogP contribution in [-0.4, -0.2) is 39.3 Å². The van der Waals surface area contributed by atoms with Crippen LogP contribution in [0.5, 0.6) is 0 Å². The number of thiazole rings is 2. The van der Waals surface area contributed by atoms with E-state index in [4.69, 9.17) is 4.74 Å². The molecule has 3 aromatic rings. The van der Waals surface area contributed by atoms with Crippen molar-refractivity contribution in [1.29, 1.82) is 0 Å². The highest BCUT2D eigenvalue weighted by atomic mass is 32.1. The molecule has 1 amide bonds. The van der Waals surface area contributed by atoms with E-state index < -0.39 is 29.5 Å². The molecule has 1 aliphatic rings. The van der Waals surface area contributed by atoms with Crippen molar-refractivity contribution in [2.45, 2.75) is 47.1 Å². The molecule has 0 aliphatic carbocycles. The number of anilines is 1. The van der Waals surface area contributed by atoms with Crippen molar-refractivity contribution in [2.24, 2.45) is 0 Å². The maximum absolute atomic E-state index is 13.7. The summed E-state index contributed by atoms with van der Waals surface area (Å²) in [5.41, 5.74) is 2.65. The van der Waals surface area contributed by atoms with Crippen molar-refractivity contribution in [1.82, 2.24) is 9.97 Å². The third-order valence-corrected chi connectivity index (χ3v) is 7.93. The molecule has 4 rings (SSSR count). The number of Topliss-reactive ketones (excluding diaryl/α,β-unsaturated/α-hetero) is 1. The number of aromatic nitrogens is 2. The smallest absolute Gasteiger partial charge is 0.350 e. The Morgan fingerprint density at radius 1 is 1.03 bits per heavy atom. The van der Waals surface area contributed by atoms with E-state index in [9.17, 15) is 19.5 Å². The second-order valence-corrected chi connectivity index (χ2v) is 10.2. The Morgan fingerprint density at radius 3 is 2.26 bits per heavy atom. The summed E-state index contributed by atoms with van der Waals surface area (Å²) >= 11 is 2.21. The van der Waals surface area contributed by atoms with Crippen LogP contribution in [0.2, 0.25) is 0 Å². The van der Waals surface area contributed by atoms with Crippen LogP contribution in [0, 0.1) is 20.8 Å². The van der Waals surface area contributed by atoms with Gasteiger partial charge in [0.1, 0.15) is 4.88 Å². The Morgan fingerprint density at radius 2 is 1.69 bits per heavy atom. The first-order chi connectivity index (χ1) is 16.7. The molecule has 1 atom stereocenters. The number of aliphatic hydroxyl groups excluding tert-OH is 1. The summed E-state index contributed by atoms with van der Waals surface area (Å²) < 4.78 is 5.11. The van der Waals surface area contributed by atoms with Gasteiger partial charge in [-0.1, -0.05) is 42.5 Å². The summed E-state index contributed by atoms with van der Waals surface area (Å²) in [7, 11) is 0.